The van der Waals surface area contributed by atoms with E-state index in [9.17, 15) is 14.9 Å². The Morgan fingerprint density at radius 2 is 2.06 bits per heavy atom. The van der Waals surface area contributed by atoms with Crippen molar-refractivity contribution in [3.05, 3.63) is 33.9 Å². The summed E-state index contributed by atoms with van der Waals surface area (Å²) < 4.78 is 1.25. The fourth-order valence-corrected chi connectivity index (χ4v) is 4.46. The molecular weight excluding hydrogens is 297 g/mol. The van der Waals surface area contributed by atoms with Crippen LogP contribution in [0.2, 0.25) is 4.71 Å². The zero-order valence-electron chi connectivity index (χ0n) is 10.3. The van der Waals surface area contributed by atoms with Crippen LogP contribution in [0.3, 0.4) is 0 Å². The van der Waals surface area contributed by atoms with Gasteiger partial charge in [-0.2, -0.15) is 0 Å². The normalized spacial score (nSPS) is 11.3. The Balaban J connectivity index is 3.11. The third-order valence-electron chi connectivity index (χ3n) is 2.79. The molecule has 0 saturated carbocycles. The second-order valence-corrected chi connectivity index (χ2v) is 7.40. The zero-order chi connectivity index (χ0) is 13.7. The van der Waals surface area contributed by atoms with Gasteiger partial charge in [-0.15, -0.1) is 0 Å². The van der Waals surface area contributed by atoms with Gasteiger partial charge in [-0.3, -0.25) is 0 Å². The van der Waals surface area contributed by atoms with E-state index in [1.165, 1.54) is 12.1 Å². The summed E-state index contributed by atoms with van der Waals surface area (Å²) in [6.45, 7) is 4.16. The predicted molar refractivity (Wildman–Crippen MR) is 71.2 cm³/mol. The van der Waals surface area contributed by atoms with Gasteiger partial charge >= 0.3 is 112 Å². The van der Waals surface area contributed by atoms with Gasteiger partial charge in [-0.05, 0) is 0 Å². The number of carbonyl (C=O) groups is 1. The summed E-state index contributed by atoms with van der Waals surface area (Å²) in [5, 5.41) is 19.8. The van der Waals surface area contributed by atoms with Gasteiger partial charge in [0, 0.05) is 0 Å². The van der Waals surface area contributed by atoms with Crippen molar-refractivity contribution in [2.24, 2.45) is 0 Å². The zero-order valence-corrected chi connectivity index (χ0v) is 12.4. The van der Waals surface area contributed by atoms with Crippen LogP contribution >= 0.6 is 0 Å². The molecule has 0 radical (unpaired) electrons. The van der Waals surface area contributed by atoms with E-state index in [1.54, 1.807) is 6.07 Å². The summed E-state index contributed by atoms with van der Waals surface area (Å²) in [6.07, 6.45) is 2.02. The second kappa shape index (κ2) is 6.55. The Bertz CT molecular complexity index is 457. The van der Waals surface area contributed by atoms with Crippen LogP contribution in [0.25, 0.3) is 0 Å². The van der Waals surface area contributed by atoms with Crippen molar-refractivity contribution in [2.75, 3.05) is 0 Å². The molecule has 1 aromatic carbocycles. The molecule has 1 rings (SSSR count). The number of rotatable bonds is 6. The van der Waals surface area contributed by atoms with Crippen molar-refractivity contribution in [2.45, 2.75) is 31.4 Å². The molecule has 0 amide bonds. The fraction of sp³-hybridized carbons (Fsp3) is 0.417. The maximum atomic E-state index is 11.0. The van der Waals surface area contributed by atoms with E-state index < -0.39 is 26.6 Å². The fourth-order valence-electron chi connectivity index (χ4n) is 1.65. The molecule has 0 aliphatic heterocycles. The number of benzene rings is 1. The first-order chi connectivity index (χ1) is 8.49. The number of aromatic carboxylic acids is 1. The van der Waals surface area contributed by atoms with Crippen LogP contribution in [0.4, 0.5) is 5.69 Å². The molecule has 98 valence electrons. The molecule has 1 N–H and O–H groups in total. The summed E-state index contributed by atoms with van der Waals surface area (Å²) in [6, 6.07) is 4.24. The van der Waals surface area contributed by atoms with E-state index in [1.807, 2.05) is 0 Å². The van der Waals surface area contributed by atoms with Crippen molar-refractivity contribution in [3.63, 3.8) is 0 Å². The summed E-state index contributed by atoms with van der Waals surface area (Å²) in [4.78, 5) is 21.3. The molecule has 1 aromatic rings. The molecule has 0 aromatic heterocycles. The van der Waals surface area contributed by atoms with Crippen LogP contribution in [0, 0.1) is 10.1 Å². The Morgan fingerprint density at radius 3 is 2.50 bits per heavy atom. The van der Waals surface area contributed by atoms with Gasteiger partial charge in [0.15, 0.2) is 0 Å². The Hall–Kier alpha value is -1.35. The summed E-state index contributed by atoms with van der Waals surface area (Å²) in [7, 11) is 0. The molecule has 0 heterocycles. The van der Waals surface area contributed by atoms with Gasteiger partial charge in [0.1, 0.15) is 0 Å². The van der Waals surface area contributed by atoms with Crippen molar-refractivity contribution < 1.29 is 14.8 Å². The van der Waals surface area contributed by atoms with Crippen molar-refractivity contribution in [1.29, 1.82) is 0 Å². The number of nitro benzene ring substituents is 1. The minimum atomic E-state index is -1.13. The second-order valence-electron chi connectivity index (χ2n) is 3.95. The molecule has 1 unspecified atom stereocenters. The number of carboxylic acid groups (broad SMARTS) is 1. The summed E-state index contributed by atoms with van der Waals surface area (Å²) >= 11 is -0.608. The molecule has 0 aliphatic rings. The Morgan fingerprint density at radius 1 is 1.44 bits per heavy atom. The SMILES string of the molecule is CCC(CC)[AsH]c1ccc(C(=O)O)cc1[N+](=O)[O-]. The molecule has 1 atom stereocenters. The molecule has 0 bridgehead atoms. The molecule has 0 fully saturated rings. The number of hydrogen-bond acceptors (Lipinski definition) is 3. The van der Waals surface area contributed by atoms with Crippen LogP contribution < -0.4 is 4.35 Å². The van der Waals surface area contributed by atoms with Crippen LogP contribution in [-0.4, -0.2) is 31.8 Å². The standard InChI is InChI=1S/C12H16AsNO4/c1-3-9(4-2)13-10-6-5-8(12(15)16)7-11(10)14(17)18/h5-7,9,13H,3-4H2,1-2H3,(H,15,16). The molecule has 0 aliphatic carbocycles. The van der Waals surface area contributed by atoms with E-state index >= 15 is 0 Å². The molecule has 5 nitrogen and oxygen atoms in total. The first-order valence-electron chi connectivity index (χ1n) is 5.77. The third kappa shape index (κ3) is 3.57. The van der Waals surface area contributed by atoms with Crippen LogP contribution in [0.1, 0.15) is 37.0 Å². The van der Waals surface area contributed by atoms with Gasteiger partial charge in [-0.1, -0.05) is 0 Å². The average molecular weight is 313 g/mol. The van der Waals surface area contributed by atoms with E-state index in [0.717, 1.165) is 17.2 Å². The van der Waals surface area contributed by atoms with Gasteiger partial charge in [0.25, 0.3) is 0 Å². The van der Waals surface area contributed by atoms with E-state index in [2.05, 4.69) is 13.8 Å². The molecule has 0 spiro atoms. The predicted octanol–water partition coefficient (Wildman–Crippen LogP) is 1.96. The van der Waals surface area contributed by atoms with Crippen LogP contribution in [0.15, 0.2) is 18.2 Å². The van der Waals surface area contributed by atoms with Crippen LogP contribution in [-0.2, 0) is 0 Å². The van der Waals surface area contributed by atoms with Crippen molar-refractivity contribution >= 4 is 31.8 Å². The van der Waals surface area contributed by atoms with Crippen LogP contribution in [0.5, 0.6) is 0 Å². The Kier molecular flexibility index (Phi) is 5.35. The third-order valence-corrected chi connectivity index (χ3v) is 6.90. The summed E-state index contributed by atoms with van der Waals surface area (Å²) in [5.41, 5.74) is -0.0663. The Labute approximate surface area is 112 Å². The molecular formula is C12H16AsNO4. The molecule has 0 saturated heterocycles. The first kappa shape index (κ1) is 14.7. The minimum absolute atomic E-state index is 0.0263. The quantitative estimate of drug-likeness (QED) is 0.494. The number of hydrogen-bond donors (Lipinski definition) is 1. The van der Waals surface area contributed by atoms with Crippen molar-refractivity contribution in [1.82, 2.24) is 0 Å². The van der Waals surface area contributed by atoms with Gasteiger partial charge in [0.2, 0.25) is 0 Å². The number of nitrogens with zero attached hydrogens (tertiary/aromatic N) is 1. The van der Waals surface area contributed by atoms with Gasteiger partial charge in [0.05, 0.1) is 0 Å². The number of nitro groups is 1. The van der Waals surface area contributed by atoms with E-state index in [-0.39, 0.29) is 11.3 Å². The average Bonchev–Trinajstić information content (AvgIpc) is 2.35. The van der Waals surface area contributed by atoms with E-state index in [4.69, 9.17) is 5.11 Å². The van der Waals surface area contributed by atoms with Gasteiger partial charge < -0.3 is 0 Å². The molecule has 6 heteroatoms. The summed E-state index contributed by atoms with van der Waals surface area (Å²) in [5.74, 6) is -1.13. The maximum absolute atomic E-state index is 11.0. The van der Waals surface area contributed by atoms with Gasteiger partial charge in [-0.25, -0.2) is 0 Å². The monoisotopic (exact) mass is 313 g/mol. The topological polar surface area (TPSA) is 80.4 Å². The molecule has 18 heavy (non-hydrogen) atoms. The number of carboxylic acids is 1. The van der Waals surface area contributed by atoms with E-state index in [0.29, 0.717) is 4.71 Å². The first-order valence-corrected chi connectivity index (χ1v) is 8.03. The van der Waals surface area contributed by atoms with Crippen molar-refractivity contribution in [3.8, 4) is 0 Å².